The van der Waals surface area contributed by atoms with E-state index in [4.69, 9.17) is 19.0 Å². The molecule has 0 saturated carbocycles. The quantitative estimate of drug-likeness (QED) is 0.404. The summed E-state index contributed by atoms with van der Waals surface area (Å²) in [5.41, 5.74) is 2.54. The van der Waals surface area contributed by atoms with Crippen LogP contribution in [0.3, 0.4) is 0 Å². The first-order valence-corrected chi connectivity index (χ1v) is 10.9. The van der Waals surface area contributed by atoms with Gasteiger partial charge in [-0.25, -0.2) is 14.6 Å². The lowest BCUT2D eigenvalue weighted by molar-refractivity contribution is -0.145. The molecule has 8 heteroatoms. The Labute approximate surface area is 192 Å². The predicted molar refractivity (Wildman–Crippen MR) is 122 cm³/mol. The molecule has 0 spiro atoms. The fourth-order valence-electron chi connectivity index (χ4n) is 3.20. The molecule has 174 valence electrons. The van der Waals surface area contributed by atoms with E-state index in [2.05, 4.69) is 10.3 Å². The second-order valence-corrected chi connectivity index (χ2v) is 7.48. The van der Waals surface area contributed by atoms with Crippen LogP contribution in [0.25, 0.3) is 11.5 Å². The van der Waals surface area contributed by atoms with Crippen LogP contribution in [0.2, 0.25) is 0 Å². The minimum Gasteiger partial charge on any atom is -0.479 e. The number of aromatic nitrogens is 1. The third-order valence-corrected chi connectivity index (χ3v) is 4.96. The summed E-state index contributed by atoms with van der Waals surface area (Å²) in [6.45, 7) is 4.10. The zero-order valence-electron chi connectivity index (χ0n) is 18.7. The molecule has 1 aromatic heterocycles. The molecule has 8 nitrogen and oxygen atoms in total. The summed E-state index contributed by atoms with van der Waals surface area (Å²) in [5, 5.41) is 11.8. The van der Waals surface area contributed by atoms with Gasteiger partial charge in [-0.1, -0.05) is 37.3 Å². The molecule has 1 atom stereocenters. The van der Waals surface area contributed by atoms with Gasteiger partial charge in [-0.3, -0.25) is 0 Å². The average Bonchev–Trinajstić information content (AvgIpc) is 3.20. The number of aliphatic carboxylic acids is 1. The summed E-state index contributed by atoms with van der Waals surface area (Å²) >= 11 is 0. The number of carboxylic acid groups (broad SMARTS) is 1. The van der Waals surface area contributed by atoms with E-state index in [-0.39, 0.29) is 13.2 Å². The second-order valence-electron chi connectivity index (χ2n) is 7.48. The molecule has 0 aliphatic rings. The fourth-order valence-corrected chi connectivity index (χ4v) is 3.20. The standard InChI is InChI=1S/C25H28N2O6/c1-3-22(24(28)29)33-20-12-7-9-18(15-20)16-26-25(30)31-14-8-13-21-17(2)32-23(27-21)19-10-5-4-6-11-19/h4-7,9-12,15,22H,3,8,13-14,16H2,1-2H3,(H,26,30)(H,28,29). The number of oxazole rings is 1. The number of nitrogens with one attached hydrogen (secondary N) is 1. The number of aryl methyl sites for hydroxylation is 2. The minimum atomic E-state index is -1.01. The van der Waals surface area contributed by atoms with Gasteiger partial charge in [0.25, 0.3) is 0 Å². The maximum atomic E-state index is 12.0. The molecule has 0 bridgehead atoms. The van der Waals surface area contributed by atoms with Crippen molar-refractivity contribution in [3.8, 4) is 17.2 Å². The van der Waals surface area contributed by atoms with Crippen LogP contribution < -0.4 is 10.1 Å². The van der Waals surface area contributed by atoms with E-state index >= 15 is 0 Å². The molecule has 0 radical (unpaired) electrons. The van der Waals surface area contributed by atoms with Crippen molar-refractivity contribution < 1.29 is 28.6 Å². The van der Waals surface area contributed by atoms with Gasteiger partial charge in [0, 0.05) is 12.1 Å². The van der Waals surface area contributed by atoms with Crippen LogP contribution in [0, 0.1) is 6.92 Å². The molecule has 1 heterocycles. The highest BCUT2D eigenvalue weighted by molar-refractivity contribution is 5.72. The van der Waals surface area contributed by atoms with Crippen LogP contribution in [-0.4, -0.2) is 34.9 Å². The lowest BCUT2D eigenvalue weighted by Crippen LogP contribution is -2.26. The van der Waals surface area contributed by atoms with E-state index < -0.39 is 18.2 Å². The van der Waals surface area contributed by atoms with Crippen molar-refractivity contribution in [1.82, 2.24) is 10.3 Å². The molecular formula is C25H28N2O6. The van der Waals surface area contributed by atoms with Crippen molar-refractivity contribution in [2.45, 2.75) is 45.8 Å². The van der Waals surface area contributed by atoms with Crippen molar-refractivity contribution in [1.29, 1.82) is 0 Å². The van der Waals surface area contributed by atoms with Crippen molar-refractivity contribution in [2.75, 3.05) is 6.61 Å². The van der Waals surface area contributed by atoms with E-state index in [9.17, 15) is 9.59 Å². The molecule has 33 heavy (non-hydrogen) atoms. The van der Waals surface area contributed by atoms with Crippen LogP contribution in [0.15, 0.2) is 59.0 Å². The SMILES string of the molecule is CCC(Oc1cccc(CNC(=O)OCCCc2nc(-c3ccccc3)oc2C)c1)C(=O)O. The normalized spacial score (nSPS) is 11.6. The Morgan fingerprint density at radius 2 is 1.94 bits per heavy atom. The second kappa shape index (κ2) is 11.7. The van der Waals surface area contributed by atoms with Gasteiger partial charge in [-0.05, 0) is 56.0 Å². The Hall–Kier alpha value is -3.81. The molecule has 0 aliphatic heterocycles. The van der Waals surface area contributed by atoms with Crippen molar-refractivity contribution in [3.05, 3.63) is 71.6 Å². The maximum Gasteiger partial charge on any atom is 0.407 e. The van der Waals surface area contributed by atoms with Crippen molar-refractivity contribution >= 4 is 12.1 Å². The Bertz CT molecular complexity index is 1060. The first kappa shape index (κ1) is 23.8. The highest BCUT2D eigenvalue weighted by Crippen LogP contribution is 2.22. The highest BCUT2D eigenvalue weighted by Gasteiger charge is 2.17. The number of rotatable bonds is 11. The number of carbonyl (C=O) groups excluding carboxylic acids is 1. The number of alkyl carbamates (subject to hydrolysis) is 1. The molecule has 0 saturated heterocycles. The summed E-state index contributed by atoms with van der Waals surface area (Å²) < 4.78 is 16.5. The summed E-state index contributed by atoms with van der Waals surface area (Å²) in [4.78, 5) is 27.7. The zero-order valence-corrected chi connectivity index (χ0v) is 18.7. The molecule has 0 fully saturated rings. The first-order chi connectivity index (χ1) is 16.0. The smallest absolute Gasteiger partial charge is 0.407 e. The number of hydrogen-bond acceptors (Lipinski definition) is 6. The zero-order chi connectivity index (χ0) is 23.6. The number of nitrogens with zero attached hydrogens (tertiary/aromatic N) is 1. The Morgan fingerprint density at radius 1 is 1.15 bits per heavy atom. The fraction of sp³-hybridized carbons (Fsp3) is 0.320. The van der Waals surface area contributed by atoms with Crippen LogP contribution in [-0.2, 0) is 22.5 Å². The summed E-state index contributed by atoms with van der Waals surface area (Å²) in [6, 6.07) is 16.6. The third-order valence-electron chi connectivity index (χ3n) is 4.96. The number of benzene rings is 2. The summed E-state index contributed by atoms with van der Waals surface area (Å²) in [5.74, 6) is 0.770. The minimum absolute atomic E-state index is 0.239. The van der Waals surface area contributed by atoms with E-state index in [1.165, 1.54) is 0 Å². The first-order valence-electron chi connectivity index (χ1n) is 10.9. The Balaban J connectivity index is 1.40. The van der Waals surface area contributed by atoms with Gasteiger partial charge in [-0.2, -0.15) is 0 Å². The van der Waals surface area contributed by atoms with Gasteiger partial charge in [0.2, 0.25) is 5.89 Å². The number of carboxylic acids is 1. The number of amides is 1. The van der Waals surface area contributed by atoms with Gasteiger partial charge >= 0.3 is 12.1 Å². The molecule has 2 aromatic carbocycles. The van der Waals surface area contributed by atoms with Crippen LogP contribution in [0.1, 0.15) is 36.8 Å². The van der Waals surface area contributed by atoms with Crippen molar-refractivity contribution in [2.24, 2.45) is 0 Å². The largest absolute Gasteiger partial charge is 0.479 e. The predicted octanol–water partition coefficient (Wildman–Crippen LogP) is 4.75. The van der Waals surface area contributed by atoms with Crippen LogP contribution in [0.4, 0.5) is 4.79 Å². The number of carbonyl (C=O) groups is 2. The molecule has 3 aromatic rings. The Morgan fingerprint density at radius 3 is 2.67 bits per heavy atom. The van der Waals surface area contributed by atoms with E-state index in [1.54, 1.807) is 25.1 Å². The Kier molecular flexibility index (Phi) is 8.46. The van der Waals surface area contributed by atoms with Gasteiger partial charge in [0.15, 0.2) is 6.10 Å². The molecule has 1 amide bonds. The van der Waals surface area contributed by atoms with Gasteiger partial charge in [-0.15, -0.1) is 0 Å². The van der Waals surface area contributed by atoms with Crippen molar-refractivity contribution in [3.63, 3.8) is 0 Å². The third kappa shape index (κ3) is 7.10. The molecule has 1 unspecified atom stereocenters. The maximum absolute atomic E-state index is 12.0. The lowest BCUT2D eigenvalue weighted by atomic mass is 10.2. The highest BCUT2D eigenvalue weighted by atomic mass is 16.5. The lowest BCUT2D eigenvalue weighted by Gasteiger charge is -2.14. The van der Waals surface area contributed by atoms with Gasteiger partial charge in [0.05, 0.1) is 12.3 Å². The van der Waals surface area contributed by atoms with E-state index in [1.807, 2.05) is 43.3 Å². The topological polar surface area (TPSA) is 111 Å². The number of ether oxygens (including phenoxy) is 2. The molecule has 3 rings (SSSR count). The van der Waals surface area contributed by atoms with Gasteiger partial charge < -0.3 is 24.3 Å². The monoisotopic (exact) mass is 452 g/mol. The van der Waals surface area contributed by atoms with Crippen LogP contribution >= 0.6 is 0 Å². The van der Waals surface area contributed by atoms with Gasteiger partial charge in [0.1, 0.15) is 11.5 Å². The summed E-state index contributed by atoms with van der Waals surface area (Å²) in [7, 11) is 0. The molecular weight excluding hydrogens is 424 g/mol. The van der Waals surface area contributed by atoms with E-state index in [0.29, 0.717) is 30.9 Å². The average molecular weight is 453 g/mol. The van der Waals surface area contributed by atoms with Crippen LogP contribution in [0.5, 0.6) is 5.75 Å². The molecule has 2 N–H and O–H groups in total. The summed E-state index contributed by atoms with van der Waals surface area (Å²) in [6.07, 6.45) is 0.171. The van der Waals surface area contributed by atoms with E-state index in [0.717, 1.165) is 22.6 Å². The molecule has 0 aliphatic carbocycles. The number of hydrogen-bond donors (Lipinski definition) is 2.